The van der Waals surface area contributed by atoms with Gasteiger partial charge in [0.05, 0.1) is 0 Å². The number of rotatable bonds is 4. The van der Waals surface area contributed by atoms with Crippen molar-refractivity contribution in [2.45, 2.75) is 32.2 Å². The van der Waals surface area contributed by atoms with Crippen LogP contribution in [0.2, 0.25) is 0 Å². The van der Waals surface area contributed by atoms with Crippen molar-refractivity contribution in [3.05, 3.63) is 35.2 Å². The minimum atomic E-state index is 0.635. The molecular weight excluding hydrogens is 268 g/mol. The summed E-state index contributed by atoms with van der Waals surface area (Å²) in [4.78, 5) is 4.68. The van der Waals surface area contributed by atoms with Gasteiger partial charge >= 0.3 is 0 Å². The summed E-state index contributed by atoms with van der Waals surface area (Å²) in [5, 5.41) is 7.74. The van der Waals surface area contributed by atoms with Crippen molar-refractivity contribution in [3.8, 4) is 11.5 Å². The van der Waals surface area contributed by atoms with Crippen molar-refractivity contribution < 1.29 is 4.42 Å². The Balaban J connectivity index is 1.78. The summed E-state index contributed by atoms with van der Waals surface area (Å²) in [5.41, 5.74) is 3.15. The van der Waals surface area contributed by atoms with E-state index in [9.17, 15) is 0 Å². The maximum atomic E-state index is 6.03. The molecule has 4 heteroatoms. The van der Waals surface area contributed by atoms with Crippen molar-refractivity contribution in [2.75, 3.05) is 5.32 Å². The molecule has 4 rings (SSSR count). The first-order valence-electron chi connectivity index (χ1n) is 7.08. The van der Waals surface area contributed by atoms with Crippen LogP contribution in [0.1, 0.15) is 25.3 Å². The number of nitrogens with zero attached hydrogens (tertiary/aromatic N) is 1. The molecule has 102 valence electrons. The lowest BCUT2D eigenvalue weighted by atomic mass is 10.1. The van der Waals surface area contributed by atoms with Crippen molar-refractivity contribution in [2.24, 2.45) is 0 Å². The zero-order valence-electron chi connectivity index (χ0n) is 11.3. The summed E-state index contributed by atoms with van der Waals surface area (Å²) in [6, 6.07) is 8.85. The standard InChI is InChI=1S/C16H16N2OS/c1-2-11-12-5-3-4-6-14(12)19-15(11)13-9-20-16(18-13)17-10-7-8-10/h3-6,9-10H,2,7-8H2,1H3,(H,17,18). The Morgan fingerprint density at radius 3 is 3.00 bits per heavy atom. The van der Waals surface area contributed by atoms with E-state index in [-0.39, 0.29) is 0 Å². The number of benzene rings is 1. The Morgan fingerprint density at radius 1 is 1.35 bits per heavy atom. The molecule has 1 aromatic carbocycles. The maximum absolute atomic E-state index is 6.03. The molecule has 3 nitrogen and oxygen atoms in total. The lowest BCUT2D eigenvalue weighted by Gasteiger charge is -1.97. The van der Waals surface area contributed by atoms with Crippen LogP contribution in [-0.4, -0.2) is 11.0 Å². The number of anilines is 1. The van der Waals surface area contributed by atoms with Gasteiger partial charge in [-0.05, 0) is 25.3 Å². The molecule has 0 radical (unpaired) electrons. The van der Waals surface area contributed by atoms with Crippen LogP contribution in [0, 0.1) is 0 Å². The van der Waals surface area contributed by atoms with Crippen LogP contribution in [0.5, 0.6) is 0 Å². The number of para-hydroxylation sites is 1. The average Bonchev–Trinajstić information content (AvgIpc) is 3.03. The highest BCUT2D eigenvalue weighted by molar-refractivity contribution is 7.14. The molecule has 0 aliphatic heterocycles. The van der Waals surface area contributed by atoms with Crippen LogP contribution in [0.3, 0.4) is 0 Å². The second kappa shape index (κ2) is 4.63. The summed E-state index contributed by atoms with van der Waals surface area (Å²) in [6.07, 6.45) is 3.48. The Kier molecular flexibility index (Phi) is 2.77. The second-order valence-corrected chi connectivity index (χ2v) is 6.07. The van der Waals surface area contributed by atoms with Gasteiger partial charge in [0.1, 0.15) is 11.3 Å². The van der Waals surface area contributed by atoms with Gasteiger partial charge in [-0.3, -0.25) is 0 Å². The van der Waals surface area contributed by atoms with Gasteiger partial charge in [0, 0.05) is 22.4 Å². The number of furan rings is 1. The van der Waals surface area contributed by atoms with Crippen molar-refractivity contribution in [1.29, 1.82) is 0 Å². The zero-order chi connectivity index (χ0) is 13.5. The third kappa shape index (κ3) is 2.00. The van der Waals surface area contributed by atoms with Crippen LogP contribution in [0.15, 0.2) is 34.1 Å². The van der Waals surface area contributed by atoms with E-state index in [0.29, 0.717) is 6.04 Å². The fraction of sp³-hybridized carbons (Fsp3) is 0.312. The molecule has 0 spiro atoms. The molecule has 2 aromatic heterocycles. The predicted octanol–water partition coefficient (Wildman–Crippen LogP) is 4.69. The fourth-order valence-electron chi connectivity index (χ4n) is 2.50. The van der Waals surface area contributed by atoms with E-state index in [2.05, 4.69) is 34.7 Å². The van der Waals surface area contributed by atoms with Crippen LogP contribution in [0.25, 0.3) is 22.4 Å². The molecule has 1 aliphatic rings. The van der Waals surface area contributed by atoms with Crippen molar-refractivity contribution in [3.63, 3.8) is 0 Å². The first-order chi connectivity index (χ1) is 9.85. The Hall–Kier alpha value is -1.81. The molecule has 0 atom stereocenters. The molecule has 1 N–H and O–H groups in total. The number of fused-ring (bicyclic) bond motifs is 1. The van der Waals surface area contributed by atoms with Crippen LogP contribution < -0.4 is 5.32 Å². The van der Waals surface area contributed by atoms with Gasteiger partial charge in [-0.1, -0.05) is 25.1 Å². The third-order valence-corrected chi connectivity index (χ3v) is 4.47. The van der Waals surface area contributed by atoms with E-state index in [1.807, 2.05) is 12.1 Å². The average molecular weight is 284 g/mol. The first-order valence-corrected chi connectivity index (χ1v) is 7.96. The summed E-state index contributed by atoms with van der Waals surface area (Å²) in [6.45, 7) is 2.16. The van der Waals surface area contributed by atoms with Gasteiger partial charge in [0.25, 0.3) is 0 Å². The summed E-state index contributed by atoms with van der Waals surface area (Å²) in [7, 11) is 0. The molecule has 20 heavy (non-hydrogen) atoms. The molecule has 0 saturated heterocycles. The first kappa shape index (κ1) is 12.0. The normalized spacial score (nSPS) is 14.8. The predicted molar refractivity (Wildman–Crippen MR) is 83.3 cm³/mol. The van der Waals surface area contributed by atoms with Crippen molar-refractivity contribution in [1.82, 2.24) is 4.98 Å². The van der Waals surface area contributed by atoms with Gasteiger partial charge in [-0.25, -0.2) is 4.98 Å². The molecule has 1 fully saturated rings. The number of hydrogen-bond donors (Lipinski definition) is 1. The molecule has 0 bridgehead atoms. The lowest BCUT2D eigenvalue weighted by Crippen LogP contribution is -1.99. The number of aryl methyl sites for hydroxylation is 1. The minimum absolute atomic E-state index is 0.635. The Morgan fingerprint density at radius 2 is 2.20 bits per heavy atom. The topological polar surface area (TPSA) is 38.1 Å². The fourth-order valence-corrected chi connectivity index (χ4v) is 3.27. The highest BCUT2D eigenvalue weighted by Crippen LogP contribution is 2.36. The largest absolute Gasteiger partial charge is 0.454 e. The molecule has 3 aromatic rings. The van der Waals surface area contributed by atoms with Gasteiger partial charge < -0.3 is 9.73 Å². The Labute approximate surface area is 121 Å². The van der Waals surface area contributed by atoms with Crippen LogP contribution in [0.4, 0.5) is 5.13 Å². The van der Waals surface area contributed by atoms with E-state index < -0.39 is 0 Å². The van der Waals surface area contributed by atoms with Crippen LogP contribution in [-0.2, 0) is 6.42 Å². The molecule has 1 aliphatic carbocycles. The molecular formula is C16H16N2OS. The number of aromatic nitrogens is 1. The van der Waals surface area contributed by atoms with Crippen LogP contribution >= 0.6 is 11.3 Å². The van der Waals surface area contributed by atoms with Gasteiger partial charge in [-0.2, -0.15) is 0 Å². The maximum Gasteiger partial charge on any atom is 0.183 e. The molecule has 0 unspecified atom stereocenters. The SMILES string of the molecule is CCc1c(-c2csc(NC3CC3)n2)oc2ccccc12. The highest BCUT2D eigenvalue weighted by Gasteiger charge is 2.23. The van der Waals surface area contributed by atoms with E-state index in [0.717, 1.165) is 28.6 Å². The van der Waals surface area contributed by atoms with E-state index >= 15 is 0 Å². The quantitative estimate of drug-likeness (QED) is 0.755. The second-order valence-electron chi connectivity index (χ2n) is 5.22. The molecule has 0 amide bonds. The van der Waals surface area contributed by atoms with Gasteiger partial charge in [0.2, 0.25) is 0 Å². The number of thiazole rings is 1. The Bertz CT molecular complexity index is 755. The van der Waals surface area contributed by atoms with E-state index in [1.54, 1.807) is 11.3 Å². The zero-order valence-corrected chi connectivity index (χ0v) is 12.2. The highest BCUT2D eigenvalue weighted by atomic mass is 32.1. The smallest absolute Gasteiger partial charge is 0.183 e. The minimum Gasteiger partial charge on any atom is -0.454 e. The monoisotopic (exact) mass is 284 g/mol. The number of nitrogens with one attached hydrogen (secondary N) is 1. The molecule has 2 heterocycles. The summed E-state index contributed by atoms with van der Waals surface area (Å²) in [5.74, 6) is 0.925. The summed E-state index contributed by atoms with van der Waals surface area (Å²) < 4.78 is 6.03. The molecule has 1 saturated carbocycles. The van der Waals surface area contributed by atoms with Gasteiger partial charge in [0.15, 0.2) is 10.9 Å². The van der Waals surface area contributed by atoms with E-state index in [1.165, 1.54) is 23.8 Å². The van der Waals surface area contributed by atoms with E-state index in [4.69, 9.17) is 4.42 Å². The van der Waals surface area contributed by atoms with Crippen molar-refractivity contribution >= 4 is 27.4 Å². The van der Waals surface area contributed by atoms with Gasteiger partial charge in [-0.15, -0.1) is 11.3 Å². The third-order valence-electron chi connectivity index (χ3n) is 3.69. The lowest BCUT2D eigenvalue weighted by molar-refractivity contribution is 0.625. The number of hydrogen-bond acceptors (Lipinski definition) is 4. The summed E-state index contributed by atoms with van der Waals surface area (Å²) >= 11 is 1.66.